The van der Waals surface area contributed by atoms with Crippen molar-refractivity contribution in [1.82, 2.24) is 10.6 Å². The largest absolute Gasteiger partial charge is 0.305 e. The molecule has 0 radical (unpaired) electrons. The van der Waals surface area contributed by atoms with Gasteiger partial charge >= 0.3 is 6.01 Å². The van der Waals surface area contributed by atoms with Crippen molar-refractivity contribution in [2.24, 2.45) is 0 Å². The molecule has 0 saturated heterocycles. The first kappa shape index (κ1) is 15.1. The number of hydrogen-bond donors (Lipinski definition) is 3. The van der Waals surface area contributed by atoms with Gasteiger partial charge in [0.05, 0.1) is 19.3 Å². The molecule has 3 N–H and O–H groups in total. The smallest absolute Gasteiger partial charge is 0.303 e. The number of nitrogens with one attached hydrogen (secondary N) is 3. The molecule has 0 aliphatic rings. The summed E-state index contributed by atoms with van der Waals surface area (Å²) in [6.07, 6.45) is 1.31. The van der Waals surface area contributed by atoms with Gasteiger partial charge in [-0.25, -0.2) is 4.58 Å². The zero-order valence-corrected chi connectivity index (χ0v) is 9.37. The molecule has 0 aliphatic carbocycles. The van der Waals surface area contributed by atoms with Crippen molar-refractivity contribution in [1.29, 1.82) is 5.41 Å². The summed E-state index contributed by atoms with van der Waals surface area (Å²) < 4.78 is 1.85. The molecule has 0 amide bonds. The minimum atomic E-state index is 0. The number of rotatable bonds is 6. The van der Waals surface area contributed by atoms with Crippen molar-refractivity contribution in [3.63, 3.8) is 0 Å². The molecule has 4 nitrogen and oxygen atoms in total. The van der Waals surface area contributed by atoms with Crippen molar-refractivity contribution < 1.29 is 4.58 Å². The minimum absolute atomic E-state index is 0. The molecule has 0 aromatic heterocycles. The van der Waals surface area contributed by atoms with Crippen LogP contribution in [0.25, 0.3) is 0 Å². The summed E-state index contributed by atoms with van der Waals surface area (Å²) in [6, 6.07) is 2.38. The van der Waals surface area contributed by atoms with Crippen LogP contribution >= 0.6 is 12.4 Å². The van der Waals surface area contributed by atoms with Gasteiger partial charge in [0, 0.05) is 6.42 Å². The molecule has 0 heterocycles. The Morgan fingerprint density at radius 2 is 1.92 bits per heavy atom. The highest BCUT2D eigenvalue weighted by atomic mass is 35.5. The Bertz CT molecular complexity index is 162. The van der Waals surface area contributed by atoms with Crippen LogP contribution in [0, 0.1) is 5.41 Å². The molecule has 0 atom stereocenters. The van der Waals surface area contributed by atoms with Gasteiger partial charge in [0.2, 0.25) is 0 Å². The summed E-state index contributed by atoms with van der Waals surface area (Å²) in [4.78, 5) is 0. The summed E-state index contributed by atoms with van der Waals surface area (Å²) in [5.74, 6) is 0. The third-order valence-electron chi connectivity index (χ3n) is 1.92. The zero-order valence-electron chi connectivity index (χ0n) is 8.55. The molecule has 78 valence electrons. The van der Waals surface area contributed by atoms with Crippen molar-refractivity contribution in [3.8, 4) is 0 Å². The van der Waals surface area contributed by atoms with Gasteiger partial charge in [-0.1, -0.05) is 5.41 Å². The lowest BCUT2D eigenvalue weighted by molar-refractivity contribution is -0.519. The first-order valence-corrected chi connectivity index (χ1v) is 4.30. The van der Waals surface area contributed by atoms with Crippen LogP contribution in [0.1, 0.15) is 13.3 Å². The predicted molar refractivity (Wildman–Crippen MR) is 57.2 cm³/mol. The second-order valence-electron chi connectivity index (χ2n) is 2.61. The Labute approximate surface area is 86.3 Å². The molecule has 0 saturated carbocycles. The number of nitrogens with zero attached hydrogens (tertiary/aromatic N) is 1. The fraction of sp³-hybridized carbons (Fsp3) is 0.875. The lowest BCUT2D eigenvalue weighted by Crippen LogP contribution is -2.39. The Morgan fingerprint density at radius 1 is 1.38 bits per heavy atom. The van der Waals surface area contributed by atoms with Crippen molar-refractivity contribution in [3.05, 3.63) is 0 Å². The standard InChI is InChI=1S/C8H19N4.ClH/c1-4-12(7-9)6-5-8(10-2)11-3;/h8-11H,4-6H2,1-3H3;1H/q+1;. The first-order chi connectivity index (χ1) is 5.78. The van der Waals surface area contributed by atoms with E-state index < -0.39 is 0 Å². The van der Waals surface area contributed by atoms with Gasteiger partial charge < -0.3 is 10.6 Å². The summed E-state index contributed by atoms with van der Waals surface area (Å²) in [7, 11) is 3.84. The second kappa shape index (κ2) is 9.68. The van der Waals surface area contributed by atoms with Crippen molar-refractivity contribution in [2.75, 3.05) is 27.2 Å². The van der Waals surface area contributed by atoms with E-state index in [4.69, 9.17) is 5.41 Å². The van der Waals surface area contributed by atoms with Gasteiger partial charge in [0.25, 0.3) is 0 Å². The van der Waals surface area contributed by atoms with Gasteiger partial charge in [-0.15, -0.1) is 12.4 Å². The van der Waals surface area contributed by atoms with Crippen molar-refractivity contribution in [2.45, 2.75) is 19.5 Å². The van der Waals surface area contributed by atoms with Crippen molar-refractivity contribution >= 4 is 18.4 Å². The van der Waals surface area contributed by atoms with E-state index in [0.717, 1.165) is 19.5 Å². The fourth-order valence-corrected chi connectivity index (χ4v) is 1.01. The van der Waals surface area contributed by atoms with Gasteiger partial charge in [-0.3, -0.25) is 0 Å². The summed E-state index contributed by atoms with van der Waals surface area (Å²) in [5.41, 5.74) is 0. The average molecular weight is 208 g/mol. The summed E-state index contributed by atoms with van der Waals surface area (Å²) >= 11 is 0. The average Bonchev–Trinajstić information content (AvgIpc) is 2.13. The third kappa shape index (κ3) is 6.72. The molecule has 13 heavy (non-hydrogen) atoms. The highest BCUT2D eigenvalue weighted by molar-refractivity contribution is 5.85. The van der Waals surface area contributed by atoms with E-state index in [1.807, 2.05) is 25.6 Å². The molecule has 0 bridgehead atoms. The topological polar surface area (TPSA) is 50.9 Å². The van der Waals surface area contributed by atoms with E-state index in [0.29, 0.717) is 6.17 Å². The van der Waals surface area contributed by atoms with Gasteiger partial charge in [-0.05, 0) is 21.0 Å². The number of halogens is 1. The third-order valence-corrected chi connectivity index (χ3v) is 1.92. The molecule has 0 aliphatic heterocycles. The van der Waals surface area contributed by atoms with Crippen LogP contribution < -0.4 is 10.6 Å². The molecular formula is C8H20ClN4+. The Morgan fingerprint density at radius 3 is 2.23 bits per heavy atom. The van der Waals surface area contributed by atoms with Gasteiger partial charge in [-0.2, -0.15) is 0 Å². The van der Waals surface area contributed by atoms with E-state index in [9.17, 15) is 0 Å². The second-order valence-corrected chi connectivity index (χ2v) is 2.61. The minimum Gasteiger partial charge on any atom is -0.305 e. The molecule has 5 heteroatoms. The van der Waals surface area contributed by atoms with Crippen LogP contribution in [-0.2, 0) is 0 Å². The Balaban J connectivity index is 0. The Hall–Kier alpha value is -0.410. The summed E-state index contributed by atoms with van der Waals surface area (Å²) in [6.45, 7) is 3.74. The molecule has 0 fully saturated rings. The maximum Gasteiger partial charge on any atom is 0.303 e. The quantitative estimate of drug-likeness (QED) is 0.335. The van der Waals surface area contributed by atoms with Crippen LogP contribution in [-0.4, -0.2) is 43.9 Å². The molecular weight excluding hydrogens is 188 g/mol. The molecule has 0 spiro atoms. The van der Waals surface area contributed by atoms with E-state index in [-0.39, 0.29) is 12.4 Å². The fourth-order valence-electron chi connectivity index (χ4n) is 1.01. The SMILES string of the molecule is CC[N+](=C=N)CCC(NC)NC.Cl. The van der Waals surface area contributed by atoms with E-state index >= 15 is 0 Å². The Kier molecular flexibility index (Phi) is 11.2. The van der Waals surface area contributed by atoms with Crippen LogP contribution in [0.5, 0.6) is 0 Å². The van der Waals surface area contributed by atoms with Crippen LogP contribution in [0.4, 0.5) is 0 Å². The summed E-state index contributed by atoms with van der Waals surface area (Å²) in [5, 5.41) is 13.2. The molecule has 0 rings (SSSR count). The normalized spacial score (nSPS) is 9.23. The maximum atomic E-state index is 6.95. The first-order valence-electron chi connectivity index (χ1n) is 4.30. The van der Waals surface area contributed by atoms with Crippen LogP contribution in [0.3, 0.4) is 0 Å². The van der Waals surface area contributed by atoms with E-state index in [2.05, 4.69) is 16.6 Å². The van der Waals surface area contributed by atoms with Crippen LogP contribution in [0.15, 0.2) is 0 Å². The molecule has 0 aromatic rings. The zero-order chi connectivity index (χ0) is 9.40. The van der Waals surface area contributed by atoms with Gasteiger partial charge in [0.15, 0.2) is 0 Å². The monoisotopic (exact) mass is 207 g/mol. The van der Waals surface area contributed by atoms with E-state index in [1.54, 1.807) is 0 Å². The van der Waals surface area contributed by atoms with E-state index in [1.165, 1.54) is 0 Å². The predicted octanol–water partition coefficient (Wildman–Crippen LogP) is 0.348. The van der Waals surface area contributed by atoms with Crippen LogP contribution in [0.2, 0.25) is 0 Å². The molecule has 0 unspecified atom stereocenters. The van der Waals surface area contributed by atoms with Gasteiger partial charge in [0.1, 0.15) is 0 Å². The number of hydrogen-bond acceptors (Lipinski definition) is 3. The lowest BCUT2D eigenvalue weighted by atomic mass is 10.3. The highest BCUT2D eigenvalue weighted by Gasteiger charge is 2.04. The molecule has 0 aromatic carbocycles. The lowest BCUT2D eigenvalue weighted by Gasteiger charge is -2.13. The maximum absolute atomic E-state index is 6.95. The highest BCUT2D eigenvalue weighted by Crippen LogP contribution is 1.86.